The standard InChI is InChI=1S/C12H16ClNO2S/c1-3-4-7-10(12(15)16-2)17-11-9(13)6-5-8-14-11/h5-6,8,10H,3-4,7H2,1-2H3. The number of esters is 1. The largest absolute Gasteiger partial charge is 0.468 e. The van der Waals surface area contributed by atoms with E-state index in [2.05, 4.69) is 11.9 Å². The van der Waals surface area contributed by atoms with Crippen LogP contribution in [0.4, 0.5) is 0 Å². The normalized spacial score (nSPS) is 12.2. The van der Waals surface area contributed by atoms with E-state index in [9.17, 15) is 4.79 Å². The minimum Gasteiger partial charge on any atom is -0.468 e. The Balaban J connectivity index is 2.72. The van der Waals surface area contributed by atoms with Gasteiger partial charge in [0.25, 0.3) is 0 Å². The zero-order valence-corrected chi connectivity index (χ0v) is 11.6. The maximum Gasteiger partial charge on any atom is 0.319 e. The molecule has 17 heavy (non-hydrogen) atoms. The smallest absolute Gasteiger partial charge is 0.319 e. The van der Waals surface area contributed by atoms with Gasteiger partial charge in [-0.25, -0.2) is 4.98 Å². The van der Waals surface area contributed by atoms with E-state index in [1.54, 1.807) is 18.3 Å². The molecule has 0 amide bonds. The fourth-order valence-electron chi connectivity index (χ4n) is 1.34. The third-order valence-electron chi connectivity index (χ3n) is 2.26. The van der Waals surface area contributed by atoms with Crippen LogP contribution in [0.1, 0.15) is 26.2 Å². The van der Waals surface area contributed by atoms with Crippen LogP contribution in [0.15, 0.2) is 23.4 Å². The molecule has 1 aromatic heterocycles. The second-order valence-electron chi connectivity index (χ2n) is 3.56. The lowest BCUT2D eigenvalue weighted by Crippen LogP contribution is -2.18. The Morgan fingerprint density at radius 2 is 2.41 bits per heavy atom. The number of unbranched alkanes of at least 4 members (excludes halogenated alkanes) is 1. The molecule has 1 unspecified atom stereocenters. The molecule has 5 heteroatoms. The summed E-state index contributed by atoms with van der Waals surface area (Å²) in [5.41, 5.74) is 0. The third-order valence-corrected chi connectivity index (χ3v) is 3.94. The van der Waals surface area contributed by atoms with Crippen LogP contribution in [0.2, 0.25) is 5.02 Å². The monoisotopic (exact) mass is 273 g/mol. The first-order valence-electron chi connectivity index (χ1n) is 5.54. The van der Waals surface area contributed by atoms with Gasteiger partial charge in [0.15, 0.2) is 0 Å². The molecule has 0 aromatic carbocycles. The molecule has 0 bridgehead atoms. The zero-order valence-electron chi connectivity index (χ0n) is 9.98. The van der Waals surface area contributed by atoms with E-state index >= 15 is 0 Å². The molecule has 0 spiro atoms. The van der Waals surface area contributed by atoms with Gasteiger partial charge < -0.3 is 4.74 Å². The number of carbonyl (C=O) groups is 1. The summed E-state index contributed by atoms with van der Waals surface area (Å²) in [4.78, 5) is 15.8. The number of thioether (sulfide) groups is 1. The Bertz CT molecular complexity index is 373. The highest BCUT2D eigenvalue weighted by molar-refractivity contribution is 8.00. The third kappa shape index (κ3) is 4.56. The number of methoxy groups -OCH3 is 1. The molecule has 0 saturated carbocycles. The Morgan fingerprint density at radius 3 is 3.00 bits per heavy atom. The van der Waals surface area contributed by atoms with Crippen molar-refractivity contribution in [3.63, 3.8) is 0 Å². The summed E-state index contributed by atoms with van der Waals surface area (Å²) >= 11 is 7.39. The number of nitrogens with zero attached hydrogens (tertiary/aromatic N) is 1. The Morgan fingerprint density at radius 1 is 1.65 bits per heavy atom. The molecule has 0 aliphatic carbocycles. The van der Waals surface area contributed by atoms with Crippen molar-refractivity contribution in [2.45, 2.75) is 36.5 Å². The average molecular weight is 274 g/mol. The van der Waals surface area contributed by atoms with Crippen molar-refractivity contribution >= 4 is 29.3 Å². The lowest BCUT2D eigenvalue weighted by Gasteiger charge is -2.13. The molecule has 0 aliphatic rings. The number of pyridine rings is 1. The fourth-order valence-corrected chi connectivity index (χ4v) is 2.64. The Hall–Kier alpha value is -0.740. The molecule has 1 atom stereocenters. The van der Waals surface area contributed by atoms with Crippen molar-refractivity contribution in [3.05, 3.63) is 23.4 Å². The van der Waals surface area contributed by atoms with E-state index in [0.29, 0.717) is 10.0 Å². The molecule has 0 saturated heterocycles. The van der Waals surface area contributed by atoms with Gasteiger partial charge in [-0.15, -0.1) is 0 Å². The first-order chi connectivity index (χ1) is 8.19. The molecule has 0 N–H and O–H groups in total. The number of carbonyl (C=O) groups excluding carboxylic acids is 1. The van der Waals surface area contributed by atoms with Crippen LogP contribution in [0.25, 0.3) is 0 Å². The second-order valence-corrected chi connectivity index (χ2v) is 5.16. The van der Waals surface area contributed by atoms with Crippen molar-refractivity contribution in [2.75, 3.05) is 7.11 Å². The number of ether oxygens (including phenoxy) is 1. The second kappa shape index (κ2) is 7.56. The van der Waals surface area contributed by atoms with Crippen LogP contribution in [0.5, 0.6) is 0 Å². The molecule has 3 nitrogen and oxygen atoms in total. The number of rotatable bonds is 6. The van der Waals surface area contributed by atoms with Crippen LogP contribution >= 0.6 is 23.4 Å². The average Bonchev–Trinajstić information content (AvgIpc) is 2.35. The van der Waals surface area contributed by atoms with Crippen molar-refractivity contribution < 1.29 is 9.53 Å². The summed E-state index contributed by atoms with van der Waals surface area (Å²) in [6, 6.07) is 3.54. The van der Waals surface area contributed by atoms with E-state index in [4.69, 9.17) is 16.3 Å². The number of hydrogen-bond donors (Lipinski definition) is 0. The maximum absolute atomic E-state index is 11.6. The van der Waals surface area contributed by atoms with Crippen molar-refractivity contribution in [2.24, 2.45) is 0 Å². The lowest BCUT2D eigenvalue weighted by molar-refractivity contribution is -0.140. The molecular formula is C12H16ClNO2S. The predicted octanol–water partition coefficient (Wildman–Crippen LogP) is 3.56. The zero-order chi connectivity index (χ0) is 12.7. The summed E-state index contributed by atoms with van der Waals surface area (Å²) in [5, 5.41) is 1.02. The molecule has 1 rings (SSSR count). The van der Waals surface area contributed by atoms with Gasteiger partial charge in [-0.2, -0.15) is 0 Å². The highest BCUT2D eigenvalue weighted by Gasteiger charge is 2.21. The molecule has 0 radical (unpaired) electrons. The van der Waals surface area contributed by atoms with E-state index in [1.165, 1.54) is 18.9 Å². The number of hydrogen-bond acceptors (Lipinski definition) is 4. The van der Waals surface area contributed by atoms with Crippen LogP contribution in [-0.4, -0.2) is 23.3 Å². The van der Waals surface area contributed by atoms with Gasteiger partial charge in [0.05, 0.1) is 12.1 Å². The maximum atomic E-state index is 11.6. The SMILES string of the molecule is CCCCC(Sc1ncccc1Cl)C(=O)OC. The summed E-state index contributed by atoms with van der Waals surface area (Å²) in [6.07, 6.45) is 4.48. The number of halogens is 1. The van der Waals surface area contributed by atoms with Gasteiger partial charge in [-0.05, 0) is 18.6 Å². The summed E-state index contributed by atoms with van der Waals surface area (Å²) in [7, 11) is 1.40. The fraction of sp³-hybridized carbons (Fsp3) is 0.500. The molecule has 1 aromatic rings. The van der Waals surface area contributed by atoms with Gasteiger partial charge >= 0.3 is 5.97 Å². The molecule has 1 heterocycles. The van der Waals surface area contributed by atoms with Crippen molar-refractivity contribution in [3.8, 4) is 0 Å². The predicted molar refractivity (Wildman–Crippen MR) is 70.4 cm³/mol. The van der Waals surface area contributed by atoms with Crippen molar-refractivity contribution in [1.29, 1.82) is 0 Å². The van der Waals surface area contributed by atoms with Crippen molar-refractivity contribution in [1.82, 2.24) is 4.98 Å². The van der Waals surface area contributed by atoms with Gasteiger partial charge in [0.2, 0.25) is 0 Å². The quantitative estimate of drug-likeness (QED) is 0.587. The minimum absolute atomic E-state index is 0.217. The van der Waals surface area contributed by atoms with Crippen LogP contribution in [0.3, 0.4) is 0 Å². The van der Waals surface area contributed by atoms with E-state index < -0.39 is 0 Å². The van der Waals surface area contributed by atoms with Gasteiger partial charge in [-0.3, -0.25) is 4.79 Å². The van der Waals surface area contributed by atoms with E-state index in [0.717, 1.165) is 19.3 Å². The number of aromatic nitrogens is 1. The highest BCUT2D eigenvalue weighted by Crippen LogP contribution is 2.30. The molecule has 0 fully saturated rings. The van der Waals surface area contributed by atoms with E-state index in [-0.39, 0.29) is 11.2 Å². The summed E-state index contributed by atoms with van der Waals surface area (Å²) < 4.78 is 4.79. The molecule has 0 aliphatic heterocycles. The molecular weight excluding hydrogens is 258 g/mol. The minimum atomic E-state index is -0.229. The van der Waals surface area contributed by atoms with Crippen LogP contribution in [0, 0.1) is 0 Å². The van der Waals surface area contributed by atoms with Crippen LogP contribution < -0.4 is 0 Å². The highest BCUT2D eigenvalue weighted by atomic mass is 35.5. The van der Waals surface area contributed by atoms with Crippen LogP contribution in [-0.2, 0) is 9.53 Å². The van der Waals surface area contributed by atoms with E-state index in [1.807, 2.05) is 0 Å². The summed E-state index contributed by atoms with van der Waals surface area (Å²) in [6.45, 7) is 2.09. The summed E-state index contributed by atoms with van der Waals surface area (Å²) in [5.74, 6) is -0.217. The molecule has 94 valence electrons. The van der Waals surface area contributed by atoms with Gasteiger partial charge in [-0.1, -0.05) is 43.1 Å². The van der Waals surface area contributed by atoms with Gasteiger partial charge in [0.1, 0.15) is 10.3 Å². The first-order valence-corrected chi connectivity index (χ1v) is 6.79. The Kier molecular flexibility index (Phi) is 6.37. The topological polar surface area (TPSA) is 39.2 Å². The van der Waals surface area contributed by atoms with Gasteiger partial charge in [0, 0.05) is 6.20 Å². The lowest BCUT2D eigenvalue weighted by atomic mass is 10.2. The Labute approximate surface area is 111 Å². The first kappa shape index (κ1) is 14.3.